The molecule has 0 bridgehead atoms. The quantitative estimate of drug-likeness (QED) is 0.677. The molecule has 2 N–H and O–H groups in total. The molecule has 1 aromatic heterocycles. The van der Waals surface area contributed by atoms with E-state index in [1.165, 1.54) is 37.4 Å². The van der Waals surface area contributed by atoms with Crippen molar-refractivity contribution in [2.75, 3.05) is 43.1 Å². The Kier molecular flexibility index (Phi) is 5.66. The fourth-order valence-corrected chi connectivity index (χ4v) is 3.58. The van der Waals surface area contributed by atoms with Crippen LogP contribution < -0.4 is 20.3 Å². The molecule has 9 heteroatoms. The van der Waals surface area contributed by atoms with Crippen molar-refractivity contribution in [3.8, 4) is 17.0 Å². The fraction of sp³-hybridized carbons (Fsp3) is 0.227. The number of methoxy groups -OCH3 is 1. The molecule has 0 aliphatic carbocycles. The molecule has 1 aliphatic heterocycles. The van der Waals surface area contributed by atoms with E-state index in [1.54, 1.807) is 18.2 Å². The van der Waals surface area contributed by atoms with Crippen molar-refractivity contribution in [3.05, 3.63) is 65.9 Å². The predicted molar refractivity (Wildman–Crippen MR) is 113 cm³/mol. The molecule has 2 heterocycles. The number of rotatable bonds is 5. The van der Waals surface area contributed by atoms with Crippen molar-refractivity contribution in [3.63, 3.8) is 0 Å². The summed E-state index contributed by atoms with van der Waals surface area (Å²) < 4.78 is 33.3. The molecule has 31 heavy (non-hydrogen) atoms. The molecule has 7 nitrogen and oxygen atoms in total. The van der Waals surface area contributed by atoms with Crippen LogP contribution >= 0.6 is 0 Å². The van der Waals surface area contributed by atoms with Crippen molar-refractivity contribution in [2.24, 2.45) is 5.73 Å². The van der Waals surface area contributed by atoms with Gasteiger partial charge in [0.15, 0.2) is 0 Å². The number of primary amides is 1. The summed E-state index contributed by atoms with van der Waals surface area (Å²) >= 11 is 0. The lowest BCUT2D eigenvalue weighted by Crippen LogP contribution is -2.47. The lowest BCUT2D eigenvalue weighted by molar-refractivity contribution is 0.0995. The van der Waals surface area contributed by atoms with Crippen LogP contribution in [0.1, 0.15) is 10.5 Å². The number of aromatic nitrogens is 2. The van der Waals surface area contributed by atoms with Crippen LogP contribution in [0.2, 0.25) is 0 Å². The largest absolute Gasteiger partial charge is 0.496 e. The van der Waals surface area contributed by atoms with Gasteiger partial charge in [-0.1, -0.05) is 12.1 Å². The van der Waals surface area contributed by atoms with Crippen LogP contribution in [0.25, 0.3) is 11.3 Å². The maximum Gasteiger partial charge on any atom is 0.267 e. The molecule has 3 aromatic rings. The number of carbonyl (C=O) groups is 1. The Morgan fingerprint density at radius 2 is 1.71 bits per heavy atom. The van der Waals surface area contributed by atoms with Gasteiger partial charge in [0.1, 0.15) is 23.1 Å². The SMILES string of the molecule is COc1ccc(F)cc1-c1cc(C(N)=O)nc(N2CCN(c3ccccc3F)CC2)n1. The number of amides is 1. The summed E-state index contributed by atoms with van der Waals surface area (Å²) in [7, 11) is 1.47. The minimum absolute atomic E-state index is 0.0165. The number of nitrogens with two attached hydrogens (primary N) is 1. The van der Waals surface area contributed by atoms with E-state index in [0.29, 0.717) is 54.8 Å². The Morgan fingerprint density at radius 3 is 2.39 bits per heavy atom. The molecule has 1 aliphatic rings. The molecule has 0 atom stereocenters. The lowest BCUT2D eigenvalue weighted by atomic mass is 10.1. The first-order chi connectivity index (χ1) is 15.0. The van der Waals surface area contributed by atoms with Crippen molar-refractivity contribution in [2.45, 2.75) is 0 Å². The second-order valence-electron chi connectivity index (χ2n) is 7.07. The smallest absolute Gasteiger partial charge is 0.267 e. The van der Waals surface area contributed by atoms with E-state index in [1.807, 2.05) is 9.80 Å². The van der Waals surface area contributed by atoms with Crippen LogP contribution in [-0.4, -0.2) is 49.2 Å². The van der Waals surface area contributed by atoms with Gasteiger partial charge in [-0.25, -0.2) is 18.7 Å². The Balaban J connectivity index is 1.65. The first-order valence-corrected chi connectivity index (χ1v) is 9.73. The minimum Gasteiger partial charge on any atom is -0.496 e. The monoisotopic (exact) mass is 425 g/mol. The van der Waals surface area contributed by atoms with Crippen molar-refractivity contribution in [1.82, 2.24) is 9.97 Å². The third kappa shape index (κ3) is 4.25. The number of nitrogens with zero attached hydrogens (tertiary/aromatic N) is 4. The average molecular weight is 425 g/mol. The maximum atomic E-state index is 14.1. The van der Waals surface area contributed by atoms with Gasteiger partial charge in [0.25, 0.3) is 5.91 Å². The molecule has 2 aromatic carbocycles. The van der Waals surface area contributed by atoms with Gasteiger partial charge >= 0.3 is 0 Å². The van der Waals surface area contributed by atoms with Gasteiger partial charge in [-0.05, 0) is 36.4 Å². The average Bonchev–Trinajstić information content (AvgIpc) is 2.79. The van der Waals surface area contributed by atoms with Crippen molar-refractivity contribution in [1.29, 1.82) is 0 Å². The van der Waals surface area contributed by atoms with E-state index in [-0.39, 0.29) is 11.5 Å². The van der Waals surface area contributed by atoms with Gasteiger partial charge in [0.2, 0.25) is 5.95 Å². The fourth-order valence-electron chi connectivity index (χ4n) is 3.58. The molecule has 0 saturated carbocycles. The van der Waals surface area contributed by atoms with Gasteiger partial charge in [-0.15, -0.1) is 0 Å². The highest BCUT2D eigenvalue weighted by atomic mass is 19.1. The van der Waals surface area contributed by atoms with Gasteiger partial charge in [0.05, 0.1) is 18.5 Å². The van der Waals surface area contributed by atoms with Crippen molar-refractivity contribution < 1.29 is 18.3 Å². The van der Waals surface area contributed by atoms with Crippen LogP contribution in [0.4, 0.5) is 20.4 Å². The topological polar surface area (TPSA) is 84.6 Å². The third-order valence-corrected chi connectivity index (χ3v) is 5.16. The van der Waals surface area contributed by atoms with E-state index in [2.05, 4.69) is 9.97 Å². The first kappa shape index (κ1) is 20.5. The number of halogens is 2. The minimum atomic E-state index is -0.717. The summed E-state index contributed by atoms with van der Waals surface area (Å²) in [4.78, 5) is 24.5. The number of hydrogen-bond acceptors (Lipinski definition) is 6. The zero-order chi connectivity index (χ0) is 22.0. The van der Waals surface area contributed by atoms with E-state index < -0.39 is 11.7 Å². The zero-order valence-electron chi connectivity index (χ0n) is 16.9. The molecule has 1 amide bonds. The summed E-state index contributed by atoms with van der Waals surface area (Å²) in [6.07, 6.45) is 0. The standard InChI is InChI=1S/C22H21F2N5O2/c1-31-20-7-6-14(23)12-15(20)17-13-18(21(25)30)27-22(26-17)29-10-8-28(9-11-29)19-5-3-2-4-16(19)24/h2-7,12-13H,8-11H2,1H3,(H2,25,30). The summed E-state index contributed by atoms with van der Waals surface area (Å²) in [5, 5.41) is 0. The van der Waals surface area contributed by atoms with Crippen molar-refractivity contribution >= 4 is 17.5 Å². The number of piperazine rings is 1. The Labute approximate surface area is 178 Å². The van der Waals surface area contributed by atoms with Crippen LogP contribution in [0, 0.1) is 11.6 Å². The molecule has 1 fully saturated rings. The van der Waals surface area contributed by atoms with E-state index in [0.717, 1.165) is 0 Å². The van der Waals surface area contributed by atoms with E-state index in [9.17, 15) is 13.6 Å². The molecule has 0 unspecified atom stereocenters. The molecule has 0 spiro atoms. The highest BCUT2D eigenvalue weighted by Crippen LogP contribution is 2.31. The van der Waals surface area contributed by atoms with Gasteiger partial charge in [-0.2, -0.15) is 0 Å². The third-order valence-electron chi connectivity index (χ3n) is 5.16. The summed E-state index contributed by atoms with van der Waals surface area (Å²) in [5.41, 5.74) is 6.74. The number of para-hydroxylation sites is 1. The Bertz CT molecular complexity index is 1120. The van der Waals surface area contributed by atoms with Gasteiger partial charge in [0, 0.05) is 31.7 Å². The molecule has 1 saturated heterocycles. The molecular formula is C22H21F2N5O2. The molecule has 0 radical (unpaired) electrons. The second kappa shape index (κ2) is 8.55. The summed E-state index contributed by atoms with van der Waals surface area (Å²) in [6.45, 7) is 2.11. The first-order valence-electron chi connectivity index (χ1n) is 9.73. The predicted octanol–water partition coefficient (Wildman–Crippen LogP) is 2.86. The molecule has 4 rings (SSSR count). The molecular weight excluding hydrogens is 404 g/mol. The van der Waals surface area contributed by atoms with E-state index >= 15 is 0 Å². The summed E-state index contributed by atoms with van der Waals surface area (Å²) in [6, 6.07) is 12.1. The van der Waals surface area contributed by atoms with Crippen LogP contribution in [0.5, 0.6) is 5.75 Å². The number of benzene rings is 2. The number of anilines is 2. The Morgan fingerprint density at radius 1 is 1.00 bits per heavy atom. The zero-order valence-corrected chi connectivity index (χ0v) is 16.9. The maximum absolute atomic E-state index is 14.1. The van der Waals surface area contributed by atoms with Crippen LogP contribution in [-0.2, 0) is 0 Å². The molecule has 160 valence electrons. The summed E-state index contributed by atoms with van der Waals surface area (Å²) in [5.74, 6) is -0.750. The van der Waals surface area contributed by atoms with Crippen LogP contribution in [0.3, 0.4) is 0 Å². The number of carbonyl (C=O) groups excluding carboxylic acids is 1. The highest BCUT2D eigenvalue weighted by molar-refractivity contribution is 5.92. The number of hydrogen-bond donors (Lipinski definition) is 1. The highest BCUT2D eigenvalue weighted by Gasteiger charge is 2.23. The Hall–Kier alpha value is -3.75. The van der Waals surface area contributed by atoms with E-state index in [4.69, 9.17) is 10.5 Å². The number of ether oxygens (including phenoxy) is 1. The lowest BCUT2D eigenvalue weighted by Gasteiger charge is -2.36. The van der Waals surface area contributed by atoms with Gasteiger partial charge < -0.3 is 20.3 Å². The van der Waals surface area contributed by atoms with Gasteiger partial charge in [-0.3, -0.25) is 4.79 Å². The second-order valence-corrected chi connectivity index (χ2v) is 7.07. The normalized spacial score (nSPS) is 13.9. The van der Waals surface area contributed by atoms with Crippen LogP contribution in [0.15, 0.2) is 48.5 Å².